The van der Waals surface area contributed by atoms with E-state index < -0.39 is 27.8 Å². The Kier molecular flexibility index (Phi) is 5.73. The second-order valence-electron chi connectivity index (χ2n) is 8.79. The quantitative estimate of drug-likeness (QED) is 0.387. The molecule has 1 fully saturated rings. The van der Waals surface area contributed by atoms with Gasteiger partial charge in [0.2, 0.25) is 10.0 Å². The fourth-order valence-corrected chi connectivity index (χ4v) is 6.93. The number of aryl methyl sites for hydroxylation is 1. The molecular formula is C24H23N3O6S2. The molecule has 9 nitrogen and oxygen atoms in total. The normalized spacial score (nSPS) is 17.3. The smallest absolute Gasteiger partial charge is 0.350 e. The van der Waals surface area contributed by atoms with E-state index in [1.54, 1.807) is 18.4 Å². The van der Waals surface area contributed by atoms with Crippen LogP contribution in [0.5, 0.6) is 0 Å². The van der Waals surface area contributed by atoms with Crippen molar-refractivity contribution in [3.05, 3.63) is 51.3 Å². The number of carbonyl (C=O) groups excluding carboxylic acids is 3. The highest BCUT2D eigenvalue weighted by molar-refractivity contribution is 7.89. The largest absolute Gasteiger partial charge is 0.465 e. The van der Waals surface area contributed by atoms with E-state index in [9.17, 15) is 22.8 Å². The fraction of sp³-hybridized carbons (Fsp3) is 0.333. The van der Waals surface area contributed by atoms with Gasteiger partial charge in [-0.2, -0.15) is 4.31 Å². The Bertz CT molecular complexity index is 1500. The molecule has 5 rings (SSSR count). The van der Waals surface area contributed by atoms with Gasteiger partial charge in [-0.15, -0.1) is 11.3 Å². The van der Waals surface area contributed by atoms with Crippen LogP contribution >= 0.6 is 11.3 Å². The van der Waals surface area contributed by atoms with Crippen molar-refractivity contribution >= 4 is 55.7 Å². The second kappa shape index (κ2) is 8.51. The zero-order chi connectivity index (χ0) is 25.1. The number of imide groups is 1. The van der Waals surface area contributed by atoms with Crippen LogP contribution in [0.3, 0.4) is 0 Å². The fourth-order valence-electron chi connectivity index (χ4n) is 4.64. The first-order valence-corrected chi connectivity index (χ1v) is 13.5. The monoisotopic (exact) mass is 513 g/mol. The average molecular weight is 514 g/mol. The first-order valence-electron chi connectivity index (χ1n) is 11.1. The van der Waals surface area contributed by atoms with Crippen molar-refractivity contribution in [3.63, 3.8) is 0 Å². The minimum Gasteiger partial charge on any atom is -0.465 e. The Balaban J connectivity index is 1.64. The predicted molar refractivity (Wildman–Crippen MR) is 130 cm³/mol. The number of hydrogen-bond donors (Lipinski definition) is 0. The zero-order valence-corrected chi connectivity index (χ0v) is 21.0. The van der Waals surface area contributed by atoms with Gasteiger partial charge >= 0.3 is 5.97 Å². The molecule has 0 bridgehead atoms. The van der Waals surface area contributed by atoms with Crippen LogP contribution in [0.1, 0.15) is 55.8 Å². The number of sulfonamides is 1. The Hall–Kier alpha value is -3.15. The summed E-state index contributed by atoms with van der Waals surface area (Å²) in [5.74, 6) is -1.44. The molecule has 0 radical (unpaired) electrons. The highest BCUT2D eigenvalue weighted by Gasteiger charge is 2.42. The average Bonchev–Trinajstić information content (AvgIpc) is 3.41. The maximum atomic E-state index is 13.6. The molecule has 0 N–H and O–H groups in total. The number of anilines is 1. The predicted octanol–water partition coefficient (Wildman–Crippen LogP) is 3.61. The van der Waals surface area contributed by atoms with E-state index in [-0.39, 0.29) is 32.0 Å². The molecule has 1 saturated heterocycles. The van der Waals surface area contributed by atoms with Crippen LogP contribution < -0.4 is 4.90 Å². The lowest BCUT2D eigenvalue weighted by Crippen LogP contribution is -2.37. The van der Waals surface area contributed by atoms with E-state index in [1.165, 1.54) is 29.6 Å². The molecule has 2 aliphatic heterocycles. The summed E-state index contributed by atoms with van der Waals surface area (Å²) in [6.45, 7) is 4.60. The van der Waals surface area contributed by atoms with Crippen molar-refractivity contribution in [2.45, 2.75) is 31.6 Å². The van der Waals surface area contributed by atoms with Gasteiger partial charge in [0.05, 0.1) is 40.0 Å². The summed E-state index contributed by atoms with van der Waals surface area (Å²) in [7, 11) is -2.55. The molecule has 11 heteroatoms. The number of fused-ring (bicyclic) bond motifs is 3. The van der Waals surface area contributed by atoms with Crippen LogP contribution in [0.15, 0.2) is 34.5 Å². The number of rotatable bonds is 4. The summed E-state index contributed by atoms with van der Waals surface area (Å²) in [4.78, 5) is 44.8. The van der Waals surface area contributed by atoms with Gasteiger partial charge in [-0.05, 0) is 55.3 Å². The number of aromatic nitrogens is 1. The number of pyridine rings is 1. The summed E-state index contributed by atoms with van der Waals surface area (Å²) >= 11 is 1.06. The molecule has 35 heavy (non-hydrogen) atoms. The van der Waals surface area contributed by atoms with E-state index in [4.69, 9.17) is 4.74 Å². The molecule has 182 valence electrons. The SMILES string of the molecule is COC(=O)c1sccc1N1C(=O)c2c(C)nc3ccc(S(=O)(=O)N4CCC(C)CC4)cc3c2C1=O. The first-order chi connectivity index (χ1) is 16.6. The van der Waals surface area contributed by atoms with Crippen molar-refractivity contribution in [2.75, 3.05) is 25.1 Å². The molecular weight excluding hydrogens is 490 g/mol. The van der Waals surface area contributed by atoms with Gasteiger partial charge in [-0.1, -0.05) is 6.92 Å². The van der Waals surface area contributed by atoms with Gasteiger partial charge < -0.3 is 4.74 Å². The van der Waals surface area contributed by atoms with Crippen LogP contribution in [-0.4, -0.2) is 55.7 Å². The molecule has 0 saturated carbocycles. The molecule has 2 aromatic heterocycles. The van der Waals surface area contributed by atoms with Crippen molar-refractivity contribution in [3.8, 4) is 0 Å². The van der Waals surface area contributed by atoms with Crippen LogP contribution in [0.2, 0.25) is 0 Å². The van der Waals surface area contributed by atoms with Gasteiger partial charge in [0.1, 0.15) is 4.88 Å². The van der Waals surface area contributed by atoms with Crippen molar-refractivity contribution < 1.29 is 27.5 Å². The van der Waals surface area contributed by atoms with Gasteiger partial charge in [-0.3, -0.25) is 14.6 Å². The maximum Gasteiger partial charge on any atom is 0.350 e. The minimum atomic E-state index is -3.78. The number of esters is 1. The van der Waals surface area contributed by atoms with Crippen molar-refractivity contribution in [1.82, 2.24) is 9.29 Å². The standard InChI is InChI=1S/C24H23N3O6S2/c1-13-6-9-26(10-7-13)35(31,32)15-4-5-17-16(12-15)20-19(14(2)25-17)22(28)27(23(20)29)18-8-11-34-21(18)24(30)33-3/h4-5,8,11-13H,6-7,9-10H2,1-3H3. The Morgan fingerprint density at radius 1 is 1.11 bits per heavy atom. The summed E-state index contributed by atoms with van der Waals surface area (Å²) in [5.41, 5.74) is 1.08. The summed E-state index contributed by atoms with van der Waals surface area (Å²) in [6, 6.07) is 5.99. The van der Waals surface area contributed by atoms with Gasteiger partial charge in [0.25, 0.3) is 11.8 Å². The number of benzene rings is 1. The zero-order valence-electron chi connectivity index (χ0n) is 19.4. The molecule has 3 aromatic rings. The third kappa shape index (κ3) is 3.65. The summed E-state index contributed by atoms with van der Waals surface area (Å²) < 4.78 is 32.9. The van der Waals surface area contributed by atoms with Crippen LogP contribution in [-0.2, 0) is 14.8 Å². The summed E-state index contributed by atoms with van der Waals surface area (Å²) in [5, 5.41) is 1.88. The molecule has 1 aromatic carbocycles. The van der Waals surface area contributed by atoms with Crippen LogP contribution in [0.25, 0.3) is 10.9 Å². The van der Waals surface area contributed by atoms with E-state index >= 15 is 0 Å². The number of carbonyl (C=O) groups is 3. The van der Waals surface area contributed by atoms with Gasteiger partial charge in [0, 0.05) is 18.5 Å². The molecule has 0 aliphatic carbocycles. The van der Waals surface area contributed by atoms with Gasteiger partial charge in [-0.25, -0.2) is 18.1 Å². The molecule has 0 unspecified atom stereocenters. The van der Waals surface area contributed by atoms with Crippen molar-refractivity contribution in [1.29, 1.82) is 0 Å². The Morgan fingerprint density at radius 2 is 1.80 bits per heavy atom. The highest BCUT2D eigenvalue weighted by atomic mass is 32.2. The third-order valence-electron chi connectivity index (χ3n) is 6.61. The molecule has 0 atom stereocenters. The number of nitrogens with zero attached hydrogens (tertiary/aromatic N) is 3. The number of thiophene rings is 1. The van der Waals surface area contributed by atoms with E-state index in [2.05, 4.69) is 11.9 Å². The highest BCUT2D eigenvalue weighted by Crippen LogP contribution is 2.38. The molecule has 4 heterocycles. The topological polar surface area (TPSA) is 114 Å². The number of amides is 2. The minimum absolute atomic E-state index is 0.0527. The lowest BCUT2D eigenvalue weighted by Gasteiger charge is -2.29. The number of piperidine rings is 1. The molecule has 2 amide bonds. The second-order valence-corrected chi connectivity index (χ2v) is 11.6. The van der Waals surface area contributed by atoms with E-state index in [0.717, 1.165) is 29.1 Å². The lowest BCUT2D eigenvalue weighted by molar-refractivity contribution is 0.0607. The van der Waals surface area contributed by atoms with E-state index in [1.807, 2.05) is 0 Å². The number of hydrogen-bond acceptors (Lipinski definition) is 8. The van der Waals surface area contributed by atoms with Gasteiger partial charge in [0.15, 0.2) is 0 Å². The van der Waals surface area contributed by atoms with Crippen LogP contribution in [0.4, 0.5) is 5.69 Å². The lowest BCUT2D eigenvalue weighted by atomic mass is 10.0. The van der Waals surface area contributed by atoms with E-state index in [0.29, 0.717) is 30.2 Å². The Morgan fingerprint density at radius 3 is 2.49 bits per heavy atom. The molecule has 2 aliphatic rings. The van der Waals surface area contributed by atoms with Crippen molar-refractivity contribution in [2.24, 2.45) is 5.92 Å². The first kappa shape index (κ1) is 23.6. The third-order valence-corrected chi connectivity index (χ3v) is 9.39. The number of methoxy groups -OCH3 is 1. The Labute approximate surface area is 206 Å². The van der Waals surface area contributed by atoms with Crippen LogP contribution in [0, 0.1) is 12.8 Å². The molecule has 0 spiro atoms. The summed E-state index contributed by atoms with van der Waals surface area (Å²) in [6.07, 6.45) is 1.57. The number of ether oxygens (including phenoxy) is 1. The maximum absolute atomic E-state index is 13.6.